The molecule has 2 aromatic carbocycles. The van der Waals surface area contributed by atoms with Gasteiger partial charge in [-0.15, -0.1) is 10.2 Å². The number of esters is 1. The Labute approximate surface area is 218 Å². The number of carbonyl (C=O) groups excluding carboxylic acids is 1. The predicted octanol–water partition coefficient (Wildman–Crippen LogP) is 7.36. The Morgan fingerprint density at radius 1 is 0.861 bits per heavy atom. The fourth-order valence-electron chi connectivity index (χ4n) is 3.24. The molecule has 1 heterocycles. The van der Waals surface area contributed by atoms with Crippen molar-refractivity contribution in [1.82, 2.24) is 10.2 Å². The first-order valence-electron chi connectivity index (χ1n) is 12.6. The molecule has 1 aromatic heterocycles. The summed E-state index contributed by atoms with van der Waals surface area (Å²) >= 11 is 1.57. The van der Waals surface area contributed by atoms with Crippen molar-refractivity contribution >= 4 is 17.3 Å². The van der Waals surface area contributed by atoms with E-state index in [1.54, 1.807) is 18.3 Å². The molecule has 7 heteroatoms. The normalized spacial score (nSPS) is 11.6. The van der Waals surface area contributed by atoms with Crippen LogP contribution in [0.2, 0.25) is 0 Å². The zero-order valence-corrected chi connectivity index (χ0v) is 22.3. The molecule has 0 aliphatic carbocycles. The summed E-state index contributed by atoms with van der Waals surface area (Å²) in [6.45, 7) is 11.4. The average Bonchev–Trinajstić information content (AvgIpc) is 3.39. The van der Waals surface area contributed by atoms with E-state index in [4.69, 9.17) is 14.2 Å². The van der Waals surface area contributed by atoms with Crippen molar-refractivity contribution < 1.29 is 19.0 Å². The summed E-state index contributed by atoms with van der Waals surface area (Å²) in [5.41, 5.74) is 2.49. The molecule has 3 aromatic rings. The van der Waals surface area contributed by atoms with Crippen LogP contribution in [0.1, 0.15) is 52.9 Å². The highest BCUT2D eigenvalue weighted by Crippen LogP contribution is 2.31. The van der Waals surface area contributed by atoms with Crippen molar-refractivity contribution in [1.29, 1.82) is 0 Å². The van der Waals surface area contributed by atoms with E-state index in [2.05, 4.69) is 30.6 Å². The molecule has 3 rings (SSSR count). The first kappa shape index (κ1) is 27.4. The number of aromatic nitrogens is 2. The molecule has 0 spiro atoms. The van der Waals surface area contributed by atoms with Gasteiger partial charge in [0.15, 0.2) is 0 Å². The van der Waals surface area contributed by atoms with Crippen molar-refractivity contribution in [2.75, 3.05) is 19.8 Å². The topological polar surface area (TPSA) is 70.5 Å². The minimum absolute atomic E-state index is 0.317. The van der Waals surface area contributed by atoms with Gasteiger partial charge < -0.3 is 14.2 Å². The molecular weight excluding hydrogens is 472 g/mol. The highest BCUT2D eigenvalue weighted by atomic mass is 32.1. The molecular formula is C29H36N2O4S. The van der Waals surface area contributed by atoms with Gasteiger partial charge in [-0.2, -0.15) is 0 Å². The number of unbranched alkanes of at least 4 members (excludes halogenated alkanes) is 3. The van der Waals surface area contributed by atoms with Crippen molar-refractivity contribution in [2.45, 2.75) is 52.9 Å². The summed E-state index contributed by atoms with van der Waals surface area (Å²) in [6, 6.07) is 16.0. The zero-order chi connectivity index (χ0) is 25.8. The van der Waals surface area contributed by atoms with Crippen LogP contribution in [0.3, 0.4) is 0 Å². The smallest absolute Gasteiger partial charge is 0.333 e. The third-order valence-corrected chi connectivity index (χ3v) is 6.77. The Kier molecular flexibility index (Phi) is 11.0. The van der Waals surface area contributed by atoms with Crippen LogP contribution in [0, 0.1) is 5.92 Å². The number of rotatable bonds is 15. The number of hydrogen-bond acceptors (Lipinski definition) is 7. The fraction of sp³-hybridized carbons (Fsp3) is 0.414. The molecule has 0 aliphatic heterocycles. The molecule has 6 nitrogen and oxygen atoms in total. The number of benzene rings is 2. The first-order valence-corrected chi connectivity index (χ1v) is 13.4. The van der Waals surface area contributed by atoms with Gasteiger partial charge in [-0.3, -0.25) is 0 Å². The summed E-state index contributed by atoms with van der Waals surface area (Å²) in [4.78, 5) is 11.3. The second-order valence-electron chi connectivity index (χ2n) is 8.96. The van der Waals surface area contributed by atoms with E-state index in [0.29, 0.717) is 24.7 Å². The van der Waals surface area contributed by atoms with Crippen LogP contribution in [0.15, 0.2) is 60.7 Å². The summed E-state index contributed by atoms with van der Waals surface area (Å²) in [7, 11) is 0. The minimum Gasteiger partial charge on any atom is -0.494 e. The van der Waals surface area contributed by atoms with E-state index in [-0.39, 0.29) is 5.97 Å². The third kappa shape index (κ3) is 8.79. The van der Waals surface area contributed by atoms with Crippen molar-refractivity contribution in [2.24, 2.45) is 5.92 Å². The highest BCUT2D eigenvalue weighted by molar-refractivity contribution is 7.17. The summed E-state index contributed by atoms with van der Waals surface area (Å²) in [5.74, 6) is 1.95. The Morgan fingerprint density at radius 2 is 1.39 bits per heavy atom. The zero-order valence-electron chi connectivity index (χ0n) is 21.5. The molecule has 0 fully saturated rings. The van der Waals surface area contributed by atoms with E-state index in [1.807, 2.05) is 48.5 Å². The van der Waals surface area contributed by atoms with E-state index in [1.165, 1.54) is 0 Å². The maximum Gasteiger partial charge on any atom is 0.333 e. The lowest BCUT2D eigenvalue weighted by Gasteiger charge is -2.10. The third-order valence-electron chi connectivity index (χ3n) is 5.75. The lowest BCUT2D eigenvalue weighted by atomic mass is 10.1. The highest BCUT2D eigenvalue weighted by Gasteiger charge is 2.10. The number of nitrogens with zero attached hydrogens (tertiary/aromatic N) is 2. The molecule has 0 saturated carbocycles. The Hall–Kier alpha value is -3.19. The van der Waals surface area contributed by atoms with Crippen molar-refractivity contribution in [3.63, 3.8) is 0 Å². The van der Waals surface area contributed by atoms with Crippen LogP contribution in [0.4, 0.5) is 0 Å². The van der Waals surface area contributed by atoms with Crippen LogP contribution in [0.25, 0.3) is 21.1 Å². The lowest BCUT2D eigenvalue weighted by Crippen LogP contribution is -2.06. The molecule has 1 atom stereocenters. The standard InChI is InChI=1S/C29H36N2O4S/c1-5-22(4)20-35-26-16-12-24(13-17-26)28-31-30-27(36-28)23-10-14-25(15-11-23)33-18-8-6-7-9-19-34-29(32)21(2)3/h10-17,22H,2,5-9,18-20H2,1,3-4H3. The summed E-state index contributed by atoms with van der Waals surface area (Å²) in [6.07, 6.45) is 4.95. The largest absolute Gasteiger partial charge is 0.494 e. The molecule has 0 aliphatic rings. The van der Waals surface area contributed by atoms with E-state index in [9.17, 15) is 4.79 Å². The van der Waals surface area contributed by atoms with Gasteiger partial charge in [0.1, 0.15) is 21.5 Å². The Balaban J connectivity index is 1.40. The predicted molar refractivity (Wildman–Crippen MR) is 145 cm³/mol. The number of ether oxygens (including phenoxy) is 3. The minimum atomic E-state index is -0.317. The Morgan fingerprint density at radius 3 is 1.92 bits per heavy atom. The second kappa shape index (κ2) is 14.4. The van der Waals surface area contributed by atoms with Gasteiger partial charge in [0.05, 0.1) is 19.8 Å². The molecule has 0 amide bonds. The maximum absolute atomic E-state index is 11.3. The van der Waals surface area contributed by atoms with Gasteiger partial charge in [-0.05, 0) is 87.1 Å². The average molecular weight is 509 g/mol. The molecule has 0 radical (unpaired) electrons. The second-order valence-corrected chi connectivity index (χ2v) is 9.94. The van der Waals surface area contributed by atoms with E-state index < -0.39 is 0 Å². The molecule has 36 heavy (non-hydrogen) atoms. The van der Waals surface area contributed by atoms with Gasteiger partial charge in [0, 0.05) is 16.7 Å². The summed E-state index contributed by atoms with van der Waals surface area (Å²) < 4.78 is 16.8. The molecule has 1 unspecified atom stereocenters. The molecule has 0 saturated heterocycles. The van der Waals surface area contributed by atoms with Crippen LogP contribution < -0.4 is 9.47 Å². The van der Waals surface area contributed by atoms with Gasteiger partial charge in [-0.25, -0.2) is 4.79 Å². The fourth-order valence-corrected chi connectivity index (χ4v) is 4.09. The first-order chi connectivity index (χ1) is 17.5. The number of hydrogen-bond donors (Lipinski definition) is 0. The van der Waals surface area contributed by atoms with Gasteiger partial charge in [0.2, 0.25) is 0 Å². The van der Waals surface area contributed by atoms with Gasteiger partial charge in [0.25, 0.3) is 0 Å². The van der Waals surface area contributed by atoms with E-state index in [0.717, 1.165) is 71.4 Å². The molecule has 0 bridgehead atoms. The molecule has 192 valence electrons. The van der Waals surface area contributed by atoms with Crippen LogP contribution >= 0.6 is 11.3 Å². The quantitative estimate of drug-likeness (QED) is 0.121. The van der Waals surface area contributed by atoms with Crippen molar-refractivity contribution in [3.8, 4) is 32.6 Å². The monoisotopic (exact) mass is 508 g/mol. The van der Waals surface area contributed by atoms with Crippen LogP contribution in [-0.2, 0) is 9.53 Å². The van der Waals surface area contributed by atoms with Gasteiger partial charge in [-0.1, -0.05) is 38.2 Å². The van der Waals surface area contributed by atoms with Crippen LogP contribution in [-0.4, -0.2) is 36.0 Å². The lowest BCUT2D eigenvalue weighted by molar-refractivity contribution is -0.139. The summed E-state index contributed by atoms with van der Waals surface area (Å²) in [5, 5.41) is 10.5. The SMILES string of the molecule is C=C(C)C(=O)OCCCCCCOc1ccc(-c2nnc(-c3ccc(OCC(C)CC)cc3)s2)cc1. The Bertz CT molecular complexity index is 1090. The van der Waals surface area contributed by atoms with Gasteiger partial charge >= 0.3 is 5.97 Å². The number of carbonyl (C=O) groups is 1. The molecule has 0 N–H and O–H groups in total. The van der Waals surface area contributed by atoms with Crippen LogP contribution in [0.5, 0.6) is 11.5 Å². The van der Waals surface area contributed by atoms with E-state index >= 15 is 0 Å². The maximum atomic E-state index is 11.3. The van der Waals surface area contributed by atoms with Crippen molar-refractivity contribution in [3.05, 3.63) is 60.7 Å².